The minimum absolute atomic E-state index is 0.234. The van der Waals surface area contributed by atoms with E-state index < -0.39 is 6.10 Å². The molecule has 0 N–H and O–H groups in total. The summed E-state index contributed by atoms with van der Waals surface area (Å²) in [5.41, 5.74) is 6.23. The molecule has 0 fully saturated rings. The molecule has 0 saturated carbocycles. The van der Waals surface area contributed by atoms with E-state index in [0.717, 1.165) is 82.7 Å². The van der Waals surface area contributed by atoms with Crippen molar-refractivity contribution in [2.75, 3.05) is 26.6 Å². The van der Waals surface area contributed by atoms with Crippen LogP contribution < -0.4 is 18.9 Å². The summed E-state index contributed by atoms with van der Waals surface area (Å²) in [4.78, 5) is 28.9. The molecule has 0 spiro atoms. The van der Waals surface area contributed by atoms with Gasteiger partial charge in [0.2, 0.25) is 6.79 Å². The standard InChI is InChI=1S/C41H47NO8/c1-4-36(41(44)46-6-3)50-37-14-11-13-30(35(37)16-18-40(43)45-5-2)12-9-7-8-10-23-47-34-25-32(29-19-21-42-22-20-29)24-33(26-34)31-15-17-38-39(27-31)49-28-48-38/h11,13-15,17,19-22,24-27,36H,4-10,12,16,18,23,28H2,1-3H3. The summed E-state index contributed by atoms with van der Waals surface area (Å²) in [5, 5.41) is 0. The molecular weight excluding hydrogens is 634 g/mol. The van der Waals surface area contributed by atoms with E-state index in [1.165, 1.54) is 0 Å². The lowest BCUT2D eigenvalue weighted by molar-refractivity contribution is -0.151. The SMILES string of the molecule is CCOC(=O)CCc1c(CCCCCCOc2cc(-c3ccncc3)cc(-c3ccc4c(c3)OCO4)c2)cccc1OC(CC)C(=O)OCC. The van der Waals surface area contributed by atoms with Crippen molar-refractivity contribution in [3.8, 4) is 45.3 Å². The number of esters is 2. The van der Waals surface area contributed by atoms with Crippen LogP contribution >= 0.6 is 0 Å². The molecule has 9 nitrogen and oxygen atoms in total. The normalized spacial score (nSPS) is 12.3. The fraction of sp³-hybridized carbons (Fsp3) is 0.390. The molecule has 1 aromatic heterocycles. The van der Waals surface area contributed by atoms with Crippen molar-refractivity contribution < 1.29 is 38.0 Å². The summed E-state index contributed by atoms with van der Waals surface area (Å²) in [7, 11) is 0. The van der Waals surface area contributed by atoms with E-state index in [-0.39, 0.29) is 25.2 Å². The molecule has 50 heavy (non-hydrogen) atoms. The van der Waals surface area contributed by atoms with Crippen LogP contribution in [0, 0.1) is 0 Å². The Morgan fingerprint density at radius 2 is 1.52 bits per heavy atom. The number of hydrogen-bond acceptors (Lipinski definition) is 9. The van der Waals surface area contributed by atoms with Crippen LogP contribution in [0.15, 0.2) is 79.1 Å². The van der Waals surface area contributed by atoms with Crippen LogP contribution in [0.25, 0.3) is 22.3 Å². The Morgan fingerprint density at radius 3 is 2.30 bits per heavy atom. The topological polar surface area (TPSA) is 102 Å². The number of benzene rings is 3. The van der Waals surface area contributed by atoms with Gasteiger partial charge in [-0.2, -0.15) is 0 Å². The van der Waals surface area contributed by atoms with Gasteiger partial charge in [0.15, 0.2) is 17.6 Å². The van der Waals surface area contributed by atoms with Gasteiger partial charge in [-0.05, 0) is 128 Å². The minimum atomic E-state index is -0.704. The van der Waals surface area contributed by atoms with Gasteiger partial charge in [0, 0.05) is 18.8 Å². The molecule has 0 aliphatic carbocycles. The third-order valence-corrected chi connectivity index (χ3v) is 8.54. The second kappa shape index (κ2) is 18.6. The summed E-state index contributed by atoms with van der Waals surface area (Å²) < 4.78 is 34.0. The quantitative estimate of drug-likeness (QED) is 0.0712. The van der Waals surface area contributed by atoms with Crippen molar-refractivity contribution in [1.82, 2.24) is 4.98 Å². The van der Waals surface area contributed by atoms with E-state index in [1.54, 1.807) is 26.2 Å². The number of aryl methyl sites for hydroxylation is 1. The zero-order valence-electron chi connectivity index (χ0n) is 29.3. The molecule has 264 valence electrons. The van der Waals surface area contributed by atoms with E-state index >= 15 is 0 Å². The molecule has 0 saturated heterocycles. The lowest BCUT2D eigenvalue weighted by Crippen LogP contribution is -2.29. The average molecular weight is 682 g/mol. The van der Waals surface area contributed by atoms with Gasteiger partial charge in [-0.15, -0.1) is 0 Å². The maximum atomic E-state index is 12.5. The van der Waals surface area contributed by atoms with Gasteiger partial charge >= 0.3 is 11.9 Å². The third kappa shape index (κ3) is 10.00. The molecule has 0 amide bonds. The smallest absolute Gasteiger partial charge is 0.347 e. The van der Waals surface area contributed by atoms with Crippen molar-refractivity contribution in [3.05, 3.63) is 90.3 Å². The predicted molar refractivity (Wildman–Crippen MR) is 192 cm³/mol. The lowest BCUT2D eigenvalue weighted by atomic mass is 9.96. The van der Waals surface area contributed by atoms with E-state index in [0.29, 0.717) is 38.4 Å². The van der Waals surface area contributed by atoms with Gasteiger partial charge in [-0.3, -0.25) is 9.78 Å². The minimum Gasteiger partial charge on any atom is -0.494 e. The number of carbonyl (C=O) groups is 2. The Bertz CT molecular complexity index is 1710. The van der Waals surface area contributed by atoms with E-state index in [9.17, 15) is 9.59 Å². The zero-order chi connectivity index (χ0) is 35.1. The zero-order valence-corrected chi connectivity index (χ0v) is 29.3. The molecule has 1 unspecified atom stereocenters. The molecule has 1 atom stereocenters. The number of rotatable bonds is 19. The maximum absolute atomic E-state index is 12.5. The second-order valence-electron chi connectivity index (χ2n) is 12.0. The summed E-state index contributed by atoms with van der Waals surface area (Å²) in [6.45, 7) is 6.94. The molecule has 0 radical (unpaired) electrons. The van der Waals surface area contributed by atoms with Crippen LogP contribution in [0.4, 0.5) is 0 Å². The second-order valence-corrected chi connectivity index (χ2v) is 12.0. The lowest BCUT2D eigenvalue weighted by Gasteiger charge is -2.20. The predicted octanol–water partition coefficient (Wildman–Crippen LogP) is 8.54. The largest absolute Gasteiger partial charge is 0.494 e. The Labute approximate surface area is 294 Å². The molecule has 1 aliphatic heterocycles. The summed E-state index contributed by atoms with van der Waals surface area (Å²) in [6, 6.07) is 22.2. The average Bonchev–Trinajstić information content (AvgIpc) is 3.62. The maximum Gasteiger partial charge on any atom is 0.347 e. The number of nitrogens with zero attached hydrogens (tertiary/aromatic N) is 1. The third-order valence-electron chi connectivity index (χ3n) is 8.54. The highest BCUT2D eigenvalue weighted by molar-refractivity contribution is 5.77. The molecule has 2 heterocycles. The summed E-state index contributed by atoms with van der Waals surface area (Å²) in [6.07, 6.45) is 8.83. The van der Waals surface area contributed by atoms with E-state index in [2.05, 4.69) is 29.2 Å². The van der Waals surface area contributed by atoms with Gasteiger partial charge in [-0.1, -0.05) is 38.0 Å². The fourth-order valence-corrected chi connectivity index (χ4v) is 5.98. The number of ether oxygens (including phenoxy) is 6. The summed E-state index contributed by atoms with van der Waals surface area (Å²) >= 11 is 0. The van der Waals surface area contributed by atoms with Crippen LogP contribution in [-0.4, -0.2) is 49.6 Å². The Hall–Kier alpha value is -5.05. The molecule has 0 bridgehead atoms. The van der Waals surface area contributed by atoms with Crippen molar-refractivity contribution in [3.63, 3.8) is 0 Å². The molecule has 4 aromatic rings. The Balaban J connectivity index is 1.18. The van der Waals surface area contributed by atoms with Gasteiger partial charge in [0.05, 0.1) is 19.8 Å². The summed E-state index contributed by atoms with van der Waals surface area (Å²) in [5.74, 6) is 2.29. The molecule has 9 heteroatoms. The molecule has 1 aliphatic rings. The fourth-order valence-electron chi connectivity index (χ4n) is 5.98. The van der Waals surface area contributed by atoms with Crippen LogP contribution in [0.1, 0.15) is 70.4 Å². The van der Waals surface area contributed by atoms with Crippen LogP contribution in [0.3, 0.4) is 0 Å². The number of aromatic nitrogens is 1. The monoisotopic (exact) mass is 681 g/mol. The van der Waals surface area contributed by atoms with Crippen molar-refractivity contribution in [2.24, 2.45) is 0 Å². The highest BCUT2D eigenvalue weighted by Gasteiger charge is 2.22. The highest BCUT2D eigenvalue weighted by atomic mass is 16.7. The molecular formula is C41H47NO8. The van der Waals surface area contributed by atoms with Gasteiger partial charge in [-0.25, -0.2) is 4.79 Å². The Kier molecular flexibility index (Phi) is 13.5. The first-order valence-electron chi connectivity index (χ1n) is 17.7. The number of carbonyl (C=O) groups excluding carboxylic acids is 2. The van der Waals surface area contributed by atoms with Crippen molar-refractivity contribution in [2.45, 2.75) is 78.2 Å². The van der Waals surface area contributed by atoms with E-state index in [4.69, 9.17) is 28.4 Å². The Morgan fingerprint density at radius 1 is 0.760 bits per heavy atom. The highest BCUT2D eigenvalue weighted by Crippen LogP contribution is 2.38. The number of pyridine rings is 1. The van der Waals surface area contributed by atoms with E-state index in [1.807, 2.05) is 49.4 Å². The van der Waals surface area contributed by atoms with Crippen molar-refractivity contribution in [1.29, 1.82) is 0 Å². The first-order valence-corrected chi connectivity index (χ1v) is 17.7. The molecule has 5 rings (SSSR count). The van der Waals surface area contributed by atoms with Crippen LogP contribution in [0.2, 0.25) is 0 Å². The van der Waals surface area contributed by atoms with Crippen molar-refractivity contribution >= 4 is 11.9 Å². The van der Waals surface area contributed by atoms with Gasteiger partial charge in [0.25, 0.3) is 0 Å². The number of fused-ring (bicyclic) bond motifs is 1. The first kappa shape index (κ1) is 36.2. The number of hydrogen-bond donors (Lipinski definition) is 0. The molecule has 3 aromatic carbocycles. The van der Waals surface area contributed by atoms with Gasteiger partial charge in [0.1, 0.15) is 11.5 Å². The van der Waals surface area contributed by atoms with Crippen LogP contribution in [0.5, 0.6) is 23.0 Å². The van der Waals surface area contributed by atoms with Gasteiger partial charge < -0.3 is 28.4 Å². The number of unbranched alkanes of at least 4 members (excludes halogenated alkanes) is 3. The van der Waals surface area contributed by atoms with Crippen LogP contribution in [-0.2, 0) is 31.9 Å². The first-order chi connectivity index (χ1) is 24.5.